The smallest absolute Gasteiger partial charge is 0.227 e. The number of hydrogen-bond donors (Lipinski definition) is 0. The van der Waals surface area contributed by atoms with E-state index in [2.05, 4.69) is 0 Å². The van der Waals surface area contributed by atoms with E-state index >= 15 is 0 Å². The second kappa shape index (κ2) is 5.60. The maximum absolute atomic E-state index is 13.6. The van der Waals surface area contributed by atoms with Gasteiger partial charge in [0.2, 0.25) is 5.91 Å². The number of halogens is 2. The second-order valence-electron chi connectivity index (χ2n) is 5.52. The third-order valence-electron chi connectivity index (χ3n) is 3.48. The molecule has 1 aliphatic rings. The summed E-state index contributed by atoms with van der Waals surface area (Å²) in [5.74, 6) is -0.961. The van der Waals surface area contributed by atoms with Gasteiger partial charge >= 0.3 is 0 Å². The van der Waals surface area contributed by atoms with Gasteiger partial charge in [0, 0.05) is 40.0 Å². The number of nitrogens with zero attached hydrogens (tertiary/aromatic N) is 1. The molecule has 0 N–H and O–H groups in total. The van der Waals surface area contributed by atoms with Crippen molar-refractivity contribution < 1.29 is 17.8 Å². The van der Waals surface area contributed by atoms with Gasteiger partial charge in [0.1, 0.15) is 11.6 Å². The van der Waals surface area contributed by atoms with Crippen molar-refractivity contribution >= 4 is 16.7 Å². The Morgan fingerprint density at radius 2 is 1.95 bits per heavy atom. The SMILES string of the molecule is CC1(C)C[S@](=O)CCN1C(=O)Cc1c(F)cccc1F. The average Bonchev–Trinajstić information content (AvgIpc) is 2.32. The monoisotopic (exact) mass is 301 g/mol. The van der Waals surface area contributed by atoms with Crippen LogP contribution >= 0.6 is 0 Å². The van der Waals surface area contributed by atoms with E-state index in [1.165, 1.54) is 6.07 Å². The second-order valence-corrected chi connectivity index (χ2v) is 7.10. The highest BCUT2D eigenvalue weighted by atomic mass is 32.2. The van der Waals surface area contributed by atoms with Crippen molar-refractivity contribution in [3.8, 4) is 0 Å². The third-order valence-corrected chi connectivity index (χ3v) is 5.14. The van der Waals surface area contributed by atoms with E-state index in [0.29, 0.717) is 18.1 Å². The molecular weight excluding hydrogens is 284 g/mol. The van der Waals surface area contributed by atoms with Crippen LogP contribution in [0.15, 0.2) is 18.2 Å². The largest absolute Gasteiger partial charge is 0.335 e. The Labute approximate surface area is 119 Å². The molecule has 6 heteroatoms. The van der Waals surface area contributed by atoms with Crippen LogP contribution in [0.2, 0.25) is 0 Å². The molecule has 0 bridgehead atoms. The first-order valence-corrected chi connectivity index (χ1v) is 7.88. The zero-order chi connectivity index (χ0) is 14.9. The van der Waals surface area contributed by atoms with Gasteiger partial charge in [0.05, 0.1) is 6.42 Å². The molecule has 0 unspecified atom stereocenters. The van der Waals surface area contributed by atoms with Gasteiger partial charge in [0.15, 0.2) is 0 Å². The molecule has 1 aliphatic heterocycles. The normalized spacial score (nSPS) is 21.8. The molecule has 0 spiro atoms. The molecule has 2 rings (SSSR count). The maximum atomic E-state index is 13.6. The van der Waals surface area contributed by atoms with E-state index in [9.17, 15) is 17.8 Å². The Morgan fingerprint density at radius 1 is 1.35 bits per heavy atom. The van der Waals surface area contributed by atoms with Crippen LogP contribution in [-0.4, -0.2) is 38.6 Å². The predicted molar refractivity (Wildman–Crippen MR) is 73.7 cm³/mol. The Hall–Kier alpha value is -1.30. The van der Waals surface area contributed by atoms with Crippen LogP contribution in [0, 0.1) is 11.6 Å². The summed E-state index contributed by atoms with van der Waals surface area (Å²) in [6, 6.07) is 3.55. The fraction of sp³-hybridized carbons (Fsp3) is 0.500. The number of carbonyl (C=O) groups is 1. The first-order valence-electron chi connectivity index (χ1n) is 6.39. The minimum Gasteiger partial charge on any atom is -0.335 e. The molecule has 0 aliphatic carbocycles. The summed E-state index contributed by atoms with van der Waals surface area (Å²) in [4.78, 5) is 13.9. The Morgan fingerprint density at radius 3 is 2.50 bits per heavy atom. The standard InChI is InChI=1S/C14H17F2NO2S/c1-14(2)9-20(19)7-6-17(14)13(18)8-10-11(15)4-3-5-12(10)16/h3-5H,6-9H2,1-2H3/t20-/m1/s1. The molecule has 1 atom stereocenters. The molecule has 0 saturated carbocycles. The van der Waals surface area contributed by atoms with Crippen LogP contribution in [-0.2, 0) is 22.0 Å². The molecule has 1 saturated heterocycles. The van der Waals surface area contributed by atoms with Crippen molar-refractivity contribution in [2.75, 3.05) is 18.1 Å². The van der Waals surface area contributed by atoms with E-state index in [-0.39, 0.29) is 17.9 Å². The molecule has 1 aromatic rings. The van der Waals surface area contributed by atoms with Crippen LogP contribution in [0.3, 0.4) is 0 Å². The lowest BCUT2D eigenvalue weighted by molar-refractivity contribution is -0.135. The molecule has 1 fully saturated rings. The van der Waals surface area contributed by atoms with E-state index in [4.69, 9.17) is 0 Å². The highest BCUT2D eigenvalue weighted by Crippen LogP contribution is 2.23. The zero-order valence-electron chi connectivity index (χ0n) is 11.5. The summed E-state index contributed by atoms with van der Waals surface area (Å²) < 4.78 is 38.7. The molecule has 0 radical (unpaired) electrons. The Balaban J connectivity index is 2.18. The van der Waals surface area contributed by atoms with Gasteiger partial charge in [-0.15, -0.1) is 0 Å². The number of benzene rings is 1. The van der Waals surface area contributed by atoms with E-state index in [1.807, 2.05) is 13.8 Å². The van der Waals surface area contributed by atoms with Gasteiger partial charge in [-0.3, -0.25) is 9.00 Å². The molecule has 1 aromatic carbocycles. The van der Waals surface area contributed by atoms with Crippen LogP contribution in [0.1, 0.15) is 19.4 Å². The van der Waals surface area contributed by atoms with Crippen LogP contribution in [0.4, 0.5) is 8.78 Å². The summed E-state index contributed by atoms with van der Waals surface area (Å²) in [6.07, 6.45) is -0.311. The highest BCUT2D eigenvalue weighted by molar-refractivity contribution is 7.85. The number of amides is 1. The molecule has 110 valence electrons. The van der Waals surface area contributed by atoms with Gasteiger partial charge in [0.25, 0.3) is 0 Å². The van der Waals surface area contributed by atoms with Crippen molar-refractivity contribution in [2.45, 2.75) is 25.8 Å². The van der Waals surface area contributed by atoms with E-state index in [0.717, 1.165) is 12.1 Å². The Bertz CT molecular complexity index is 540. The summed E-state index contributed by atoms with van der Waals surface area (Å²) in [7, 11) is -0.944. The first kappa shape index (κ1) is 15.1. The summed E-state index contributed by atoms with van der Waals surface area (Å²) in [5, 5.41) is 0. The van der Waals surface area contributed by atoms with Crippen molar-refractivity contribution in [3.05, 3.63) is 35.4 Å². The minimum atomic E-state index is -0.944. The number of carbonyl (C=O) groups excluding carboxylic acids is 1. The summed E-state index contributed by atoms with van der Waals surface area (Å²) in [5.41, 5.74) is -0.762. The zero-order valence-corrected chi connectivity index (χ0v) is 12.3. The lowest BCUT2D eigenvalue weighted by Crippen LogP contribution is -2.56. The molecule has 1 heterocycles. The predicted octanol–water partition coefficient (Wildman–Crippen LogP) is 1.88. The van der Waals surface area contributed by atoms with E-state index in [1.54, 1.807) is 4.90 Å². The highest BCUT2D eigenvalue weighted by Gasteiger charge is 2.36. The van der Waals surface area contributed by atoms with Crippen molar-refractivity contribution in [1.82, 2.24) is 4.90 Å². The molecule has 1 amide bonds. The van der Waals surface area contributed by atoms with Crippen LogP contribution < -0.4 is 0 Å². The topological polar surface area (TPSA) is 37.4 Å². The molecule has 3 nitrogen and oxygen atoms in total. The number of hydrogen-bond acceptors (Lipinski definition) is 2. The van der Waals surface area contributed by atoms with Crippen molar-refractivity contribution in [2.24, 2.45) is 0 Å². The molecule has 20 heavy (non-hydrogen) atoms. The third kappa shape index (κ3) is 3.06. The number of rotatable bonds is 2. The fourth-order valence-electron chi connectivity index (χ4n) is 2.45. The quantitative estimate of drug-likeness (QED) is 0.836. The lowest BCUT2D eigenvalue weighted by Gasteiger charge is -2.42. The molecular formula is C14H17F2NO2S. The van der Waals surface area contributed by atoms with Crippen LogP contribution in [0.25, 0.3) is 0 Å². The average molecular weight is 301 g/mol. The van der Waals surface area contributed by atoms with Crippen molar-refractivity contribution in [3.63, 3.8) is 0 Å². The fourth-order valence-corrected chi connectivity index (χ4v) is 3.92. The lowest BCUT2D eigenvalue weighted by atomic mass is 10.0. The molecule has 0 aromatic heterocycles. The first-order chi connectivity index (χ1) is 9.31. The Kier molecular flexibility index (Phi) is 4.22. The van der Waals surface area contributed by atoms with Gasteiger partial charge < -0.3 is 4.90 Å². The summed E-state index contributed by atoms with van der Waals surface area (Å²) in [6.45, 7) is 3.99. The van der Waals surface area contributed by atoms with Gasteiger partial charge in [-0.25, -0.2) is 8.78 Å². The van der Waals surface area contributed by atoms with Crippen molar-refractivity contribution in [1.29, 1.82) is 0 Å². The maximum Gasteiger partial charge on any atom is 0.227 e. The summed E-state index contributed by atoms with van der Waals surface area (Å²) >= 11 is 0. The van der Waals surface area contributed by atoms with Gasteiger partial charge in [-0.1, -0.05) is 6.07 Å². The van der Waals surface area contributed by atoms with Gasteiger partial charge in [-0.05, 0) is 26.0 Å². The minimum absolute atomic E-state index is 0.208. The van der Waals surface area contributed by atoms with Crippen LogP contribution in [0.5, 0.6) is 0 Å². The van der Waals surface area contributed by atoms with Gasteiger partial charge in [-0.2, -0.15) is 0 Å². The van der Waals surface area contributed by atoms with E-state index < -0.39 is 28.0 Å².